The van der Waals surface area contributed by atoms with Crippen LogP contribution in [0.4, 0.5) is 5.69 Å². The van der Waals surface area contributed by atoms with Crippen LogP contribution in [0.3, 0.4) is 0 Å². The van der Waals surface area contributed by atoms with Crippen molar-refractivity contribution in [1.82, 2.24) is 23.5 Å². The van der Waals surface area contributed by atoms with E-state index in [2.05, 4.69) is 18.8 Å². The molecule has 0 spiro atoms. The van der Waals surface area contributed by atoms with E-state index in [-0.39, 0.29) is 17.9 Å². The Morgan fingerprint density at radius 2 is 1.77 bits per heavy atom. The molecular weight excluding hydrogens is 618 g/mol. The molecule has 4 aromatic rings. The van der Waals surface area contributed by atoms with E-state index in [0.29, 0.717) is 65.1 Å². The molecule has 47 heavy (non-hydrogen) atoms. The third-order valence-corrected chi connectivity index (χ3v) is 9.89. The lowest BCUT2D eigenvalue weighted by Crippen LogP contribution is -2.48. The van der Waals surface area contributed by atoms with E-state index >= 15 is 0 Å². The summed E-state index contributed by atoms with van der Waals surface area (Å²) in [5, 5.41) is 4.91. The number of unbranched alkanes of at least 4 members (excludes halogenated alkanes) is 2. The highest BCUT2D eigenvalue weighted by Crippen LogP contribution is 2.36. The van der Waals surface area contributed by atoms with Crippen LogP contribution in [0.25, 0.3) is 16.9 Å². The van der Waals surface area contributed by atoms with Crippen LogP contribution in [0.2, 0.25) is 0 Å². The Labute approximate surface area is 280 Å². The molecule has 2 heterocycles. The van der Waals surface area contributed by atoms with Gasteiger partial charge in [0.1, 0.15) is 17.3 Å². The number of nitrogens with one attached hydrogen (secondary N) is 1. The number of fused-ring (bicyclic) bond motifs is 1. The van der Waals surface area contributed by atoms with Gasteiger partial charge in [0.05, 0.1) is 45.7 Å². The smallest absolute Gasteiger partial charge is 0.277 e. The standard InChI is InChI=1S/C35H49N5O6S/c1-8-11-12-13-25(10-3)22-32-36-24(4)33-35(41)37-34(38-39(32)33)28-23-27(15-17-29(28)46-20-9-2)40(5,47(42)43)19-18-26-14-16-30(44-6)31(21-26)45-7/h14-17,21,23,25H,8-13,18-20,22H2,1-7H3,(H-,37,38,41,42,43). The Hall–Kier alpha value is -3.74. The molecule has 4 rings (SSSR count). The molecule has 0 bridgehead atoms. The zero-order valence-corrected chi connectivity index (χ0v) is 29.6. The summed E-state index contributed by atoms with van der Waals surface area (Å²) >= 11 is -2.54. The zero-order chi connectivity index (χ0) is 34.1. The van der Waals surface area contributed by atoms with Crippen molar-refractivity contribution in [2.24, 2.45) is 5.92 Å². The zero-order valence-electron chi connectivity index (χ0n) is 28.8. The van der Waals surface area contributed by atoms with Gasteiger partial charge in [-0.25, -0.2) is 17.6 Å². The van der Waals surface area contributed by atoms with Gasteiger partial charge in [-0.05, 0) is 43.0 Å². The maximum absolute atomic E-state index is 13.5. The quantitative estimate of drug-likeness (QED) is 0.0741. The predicted octanol–water partition coefficient (Wildman–Crippen LogP) is 6.32. The number of hydrogen-bond donors (Lipinski definition) is 1. The molecule has 0 amide bonds. The van der Waals surface area contributed by atoms with Crippen molar-refractivity contribution in [3.63, 3.8) is 0 Å². The third-order valence-electron chi connectivity index (χ3n) is 8.84. The van der Waals surface area contributed by atoms with E-state index in [9.17, 15) is 13.6 Å². The van der Waals surface area contributed by atoms with E-state index in [1.165, 1.54) is 6.42 Å². The van der Waals surface area contributed by atoms with Gasteiger partial charge in [-0.2, -0.15) is 0 Å². The number of imidazole rings is 1. The number of quaternary nitrogens is 1. The minimum Gasteiger partial charge on any atom is -0.724 e. The molecule has 1 N–H and O–H groups in total. The minimum absolute atomic E-state index is 0.241. The Morgan fingerprint density at radius 1 is 1.02 bits per heavy atom. The molecule has 2 aromatic carbocycles. The molecule has 11 nitrogen and oxygen atoms in total. The number of hydrogen-bond acceptors (Lipinski definition) is 8. The number of H-pyrrole nitrogens is 1. The summed E-state index contributed by atoms with van der Waals surface area (Å²) < 4.78 is 43.9. The van der Waals surface area contributed by atoms with E-state index in [4.69, 9.17) is 24.3 Å². The molecule has 0 saturated heterocycles. The molecule has 3 atom stereocenters. The van der Waals surface area contributed by atoms with Crippen molar-refractivity contribution in [2.75, 3.05) is 34.4 Å². The lowest BCUT2D eigenvalue weighted by Gasteiger charge is -2.34. The molecular formula is C35H49N5O6S. The van der Waals surface area contributed by atoms with Crippen LogP contribution in [0.5, 0.6) is 17.2 Å². The number of likely N-dealkylation sites (N-methyl/N-ethyl adjacent to an activating group) is 1. The SMILES string of the molecule is CCCCCC(CC)Cc1nc(C)c2c(=O)[nH]c(-c3cc([N+](C)(CCc4ccc(OC)c(OC)c4)S(=O)[O-])ccc3OCCC)nn12. The number of aromatic nitrogens is 4. The molecule has 0 aliphatic rings. The van der Waals surface area contributed by atoms with Gasteiger partial charge in [0.15, 0.2) is 34.1 Å². The Kier molecular flexibility index (Phi) is 12.6. The first kappa shape index (κ1) is 36.1. The Bertz CT molecular complexity index is 1740. The monoisotopic (exact) mass is 667 g/mol. The van der Waals surface area contributed by atoms with Gasteiger partial charge < -0.3 is 23.7 Å². The average molecular weight is 668 g/mol. The summed E-state index contributed by atoms with van der Waals surface area (Å²) in [6.45, 7) is 8.91. The van der Waals surface area contributed by atoms with E-state index in [0.717, 1.165) is 43.5 Å². The molecule has 0 radical (unpaired) electrons. The molecule has 12 heteroatoms. The van der Waals surface area contributed by atoms with E-state index in [1.54, 1.807) is 44.0 Å². The van der Waals surface area contributed by atoms with Gasteiger partial charge in [-0.3, -0.25) is 4.79 Å². The van der Waals surface area contributed by atoms with Crippen molar-refractivity contribution in [2.45, 2.75) is 79.1 Å². The molecule has 0 aliphatic carbocycles. The van der Waals surface area contributed by atoms with E-state index < -0.39 is 15.2 Å². The highest BCUT2D eigenvalue weighted by Gasteiger charge is 2.30. The van der Waals surface area contributed by atoms with Crippen molar-refractivity contribution < 1.29 is 23.0 Å². The molecule has 2 aromatic heterocycles. The summed E-state index contributed by atoms with van der Waals surface area (Å²) in [4.78, 5) is 21.2. The van der Waals surface area contributed by atoms with Gasteiger partial charge in [0.25, 0.3) is 5.56 Å². The van der Waals surface area contributed by atoms with Gasteiger partial charge >= 0.3 is 0 Å². The van der Waals surface area contributed by atoms with Crippen molar-refractivity contribution in [3.05, 3.63) is 63.8 Å². The lowest BCUT2D eigenvalue weighted by molar-refractivity contribution is 0.318. The molecule has 256 valence electrons. The number of benzene rings is 2. The first-order valence-electron chi connectivity index (χ1n) is 16.5. The lowest BCUT2D eigenvalue weighted by atomic mass is 9.95. The number of nitrogens with zero attached hydrogens (tertiary/aromatic N) is 4. The second-order valence-corrected chi connectivity index (χ2v) is 13.4. The largest absolute Gasteiger partial charge is 0.724 e. The second-order valence-electron chi connectivity index (χ2n) is 12.2. The maximum atomic E-state index is 13.5. The van der Waals surface area contributed by atoms with Crippen LogP contribution in [0.15, 0.2) is 41.2 Å². The summed E-state index contributed by atoms with van der Waals surface area (Å²) in [5.41, 5.74) is 2.64. The molecule has 0 fully saturated rings. The highest BCUT2D eigenvalue weighted by atomic mass is 32.2. The fraction of sp³-hybridized carbons (Fsp3) is 0.514. The van der Waals surface area contributed by atoms with Crippen molar-refractivity contribution >= 4 is 22.5 Å². The number of methoxy groups -OCH3 is 2. The average Bonchev–Trinajstić information content (AvgIpc) is 3.39. The van der Waals surface area contributed by atoms with Crippen LogP contribution in [-0.2, 0) is 24.1 Å². The minimum atomic E-state index is -2.54. The normalized spacial score (nSPS) is 14.1. The highest BCUT2D eigenvalue weighted by molar-refractivity contribution is 7.78. The second kappa shape index (κ2) is 16.4. The van der Waals surface area contributed by atoms with Crippen LogP contribution in [0, 0.1) is 12.8 Å². The first-order valence-corrected chi connectivity index (χ1v) is 17.6. The molecule has 0 aliphatic heterocycles. The number of aromatic amines is 1. The van der Waals surface area contributed by atoms with Crippen LogP contribution < -0.4 is 23.7 Å². The van der Waals surface area contributed by atoms with Gasteiger partial charge in [-0.1, -0.05) is 58.9 Å². The number of ether oxygens (including phenoxy) is 3. The Morgan fingerprint density at radius 3 is 2.43 bits per heavy atom. The molecule has 3 unspecified atom stereocenters. The topological polar surface area (TPSA) is 131 Å². The fourth-order valence-corrected chi connectivity index (χ4v) is 6.41. The van der Waals surface area contributed by atoms with Crippen molar-refractivity contribution in [1.29, 1.82) is 0 Å². The number of rotatable bonds is 18. The summed E-state index contributed by atoms with van der Waals surface area (Å²) in [7, 11) is 4.79. The Balaban J connectivity index is 1.77. The van der Waals surface area contributed by atoms with Gasteiger partial charge in [0.2, 0.25) is 0 Å². The van der Waals surface area contributed by atoms with Gasteiger partial charge in [-0.15, -0.1) is 5.10 Å². The van der Waals surface area contributed by atoms with Crippen LogP contribution >= 0.6 is 0 Å². The third kappa shape index (κ3) is 8.22. The maximum Gasteiger partial charge on any atom is 0.277 e. The van der Waals surface area contributed by atoms with Gasteiger partial charge in [0, 0.05) is 25.0 Å². The van der Waals surface area contributed by atoms with E-state index in [1.807, 2.05) is 32.0 Å². The first-order chi connectivity index (χ1) is 22.6. The van der Waals surface area contributed by atoms with Crippen LogP contribution in [0.1, 0.15) is 76.4 Å². The predicted molar refractivity (Wildman–Crippen MR) is 186 cm³/mol. The van der Waals surface area contributed by atoms with Crippen LogP contribution in [-0.4, -0.2) is 62.8 Å². The fourth-order valence-electron chi connectivity index (χ4n) is 5.88. The summed E-state index contributed by atoms with van der Waals surface area (Å²) in [6, 6.07) is 10.8. The summed E-state index contributed by atoms with van der Waals surface area (Å²) in [5.74, 6) is 3.15. The number of aryl methyl sites for hydroxylation is 1. The molecule has 0 saturated carbocycles. The van der Waals surface area contributed by atoms with Crippen molar-refractivity contribution in [3.8, 4) is 28.6 Å². The summed E-state index contributed by atoms with van der Waals surface area (Å²) in [6.07, 6.45) is 7.55.